The molecule has 0 aliphatic carbocycles. The molecule has 1 heterocycles. The molecule has 0 saturated carbocycles. The molecular formula is C8H11F2N5O3. The SMILES string of the molecule is COc1ncnc(NCC(F)(F)CN)c1[N+](=O)[O-]. The molecule has 0 unspecified atom stereocenters. The van der Waals surface area contributed by atoms with E-state index in [0.29, 0.717) is 0 Å². The summed E-state index contributed by atoms with van der Waals surface area (Å²) in [5, 5.41) is 12.9. The average Bonchev–Trinajstić information content (AvgIpc) is 2.35. The number of nitrogens with two attached hydrogens (primary N) is 1. The molecule has 0 aliphatic rings. The van der Waals surface area contributed by atoms with Crippen molar-refractivity contribution < 1.29 is 18.4 Å². The van der Waals surface area contributed by atoms with Crippen molar-refractivity contribution in [2.45, 2.75) is 5.92 Å². The second-order valence-corrected chi connectivity index (χ2v) is 3.25. The van der Waals surface area contributed by atoms with E-state index >= 15 is 0 Å². The summed E-state index contributed by atoms with van der Waals surface area (Å²) in [6, 6.07) is 0. The Kier molecular flexibility index (Phi) is 4.26. The maximum absolute atomic E-state index is 12.9. The monoisotopic (exact) mass is 263 g/mol. The lowest BCUT2D eigenvalue weighted by molar-refractivity contribution is -0.385. The summed E-state index contributed by atoms with van der Waals surface area (Å²) in [4.78, 5) is 17.0. The highest BCUT2D eigenvalue weighted by Crippen LogP contribution is 2.30. The minimum absolute atomic E-state index is 0.312. The molecule has 0 amide bonds. The number of methoxy groups -OCH3 is 1. The molecule has 1 aromatic heterocycles. The molecule has 0 radical (unpaired) electrons. The zero-order valence-electron chi connectivity index (χ0n) is 9.39. The van der Waals surface area contributed by atoms with Gasteiger partial charge in [0.1, 0.15) is 6.33 Å². The average molecular weight is 263 g/mol. The van der Waals surface area contributed by atoms with E-state index in [4.69, 9.17) is 5.73 Å². The summed E-state index contributed by atoms with van der Waals surface area (Å²) in [7, 11) is 1.17. The zero-order chi connectivity index (χ0) is 13.8. The number of aromatic nitrogens is 2. The first-order chi connectivity index (χ1) is 8.41. The van der Waals surface area contributed by atoms with E-state index in [1.807, 2.05) is 0 Å². The van der Waals surface area contributed by atoms with Gasteiger partial charge < -0.3 is 15.8 Å². The van der Waals surface area contributed by atoms with Crippen molar-refractivity contribution >= 4 is 11.5 Å². The number of anilines is 1. The number of nitro groups is 1. The molecule has 8 nitrogen and oxygen atoms in total. The van der Waals surface area contributed by atoms with Crippen LogP contribution in [-0.2, 0) is 0 Å². The Morgan fingerprint density at radius 3 is 2.78 bits per heavy atom. The predicted molar refractivity (Wildman–Crippen MR) is 57.7 cm³/mol. The van der Waals surface area contributed by atoms with Gasteiger partial charge in [0.25, 0.3) is 11.8 Å². The van der Waals surface area contributed by atoms with Crippen LogP contribution in [0.5, 0.6) is 5.88 Å². The van der Waals surface area contributed by atoms with Gasteiger partial charge in [-0.15, -0.1) is 0 Å². The van der Waals surface area contributed by atoms with Crippen LogP contribution in [0.3, 0.4) is 0 Å². The summed E-state index contributed by atoms with van der Waals surface area (Å²) < 4.78 is 30.5. The fraction of sp³-hybridized carbons (Fsp3) is 0.500. The van der Waals surface area contributed by atoms with Crippen molar-refractivity contribution in [2.75, 3.05) is 25.5 Å². The van der Waals surface area contributed by atoms with Crippen molar-refractivity contribution in [2.24, 2.45) is 5.73 Å². The van der Waals surface area contributed by atoms with E-state index in [0.717, 1.165) is 6.33 Å². The number of nitrogens with one attached hydrogen (secondary N) is 1. The Labute approximate surface area is 100 Å². The van der Waals surface area contributed by atoms with Gasteiger partial charge in [-0.1, -0.05) is 0 Å². The van der Waals surface area contributed by atoms with E-state index in [1.165, 1.54) is 7.11 Å². The standard InChI is InChI=1S/C8H11F2N5O3/c1-18-7-5(15(16)17)6(13-4-14-7)12-3-8(9,10)2-11/h4H,2-3,11H2,1H3,(H,12,13,14). The van der Waals surface area contributed by atoms with Gasteiger partial charge in [-0.05, 0) is 0 Å². The van der Waals surface area contributed by atoms with Crippen LogP contribution in [0.2, 0.25) is 0 Å². The van der Waals surface area contributed by atoms with Gasteiger partial charge in [-0.2, -0.15) is 4.98 Å². The molecule has 1 aromatic rings. The lowest BCUT2D eigenvalue weighted by Gasteiger charge is -2.14. The quantitative estimate of drug-likeness (QED) is 0.563. The van der Waals surface area contributed by atoms with E-state index in [-0.39, 0.29) is 11.7 Å². The van der Waals surface area contributed by atoms with Crippen LogP contribution in [-0.4, -0.2) is 41.0 Å². The second-order valence-electron chi connectivity index (χ2n) is 3.25. The van der Waals surface area contributed by atoms with Gasteiger partial charge in [0.15, 0.2) is 0 Å². The molecule has 1 rings (SSSR count). The Balaban J connectivity index is 2.99. The maximum atomic E-state index is 12.9. The minimum Gasteiger partial charge on any atom is -0.476 e. The Morgan fingerprint density at radius 1 is 1.61 bits per heavy atom. The molecule has 10 heteroatoms. The van der Waals surface area contributed by atoms with Crippen LogP contribution in [0.4, 0.5) is 20.3 Å². The first-order valence-electron chi connectivity index (χ1n) is 4.76. The van der Waals surface area contributed by atoms with E-state index in [9.17, 15) is 18.9 Å². The highest BCUT2D eigenvalue weighted by atomic mass is 19.3. The molecule has 3 N–H and O–H groups in total. The van der Waals surface area contributed by atoms with Gasteiger partial charge in [-0.3, -0.25) is 10.1 Å². The van der Waals surface area contributed by atoms with Crippen LogP contribution < -0.4 is 15.8 Å². The summed E-state index contributed by atoms with van der Waals surface area (Å²) in [5.74, 6) is -3.85. The van der Waals surface area contributed by atoms with E-state index in [2.05, 4.69) is 20.0 Å². The molecule has 0 aliphatic heterocycles. The van der Waals surface area contributed by atoms with Crippen molar-refractivity contribution in [3.63, 3.8) is 0 Å². The number of hydrogen-bond donors (Lipinski definition) is 2. The third-order valence-electron chi connectivity index (χ3n) is 1.98. The lowest BCUT2D eigenvalue weighted by atomic mass is 10.3. The molecule has 100 valence electrons. The molecule has 0 atom stereocenters. The summed E-state index contributed by atoms with van der Waals surface area (Å²) in [5.41, 5.74) is 4.24. The smallest absolute Gasteiger partial charge is 0.372 e. The Morgan fingerprint density at radius 2 is 2.28 bits per heavy atom. The lowest BCUT2D eigenvalue weighted by Crippen LogP contribution is -2.35. The normalized spacial score (nSPS) is 11.1. The van der Waals surface area contributed by atoms with Crippen LogP contribution in [0.1, 0.15) is 0 Å². The number of ether oxygens (including phenoxy) is 1. The molecule has 0 fully saturated rings. The molecule has 18 heavy (non-hydrogen) atoms. The Bertz CT molecular complexity index is 443. The summed E-state index contributed by atoms with van der Waals surface area (Å²) in [6.07, 6.45) is 0.967. The second kappa shape index (κ2) is 5.49. The molecule has 0 spiro atoms. The van der Waals surface area contributed by atoms with Crippen molar-refractivity contribution in [3.05, 3.63) is 16.4 Å². The van der Waals surface area contributed by atoms with E-state index < -0.39 is 29.6 Å². The van der Waals surface area contributed by atoms with Crippen LogP contribution in [0.25, 0.3) is 0 Å². The number of hydrogen-bond acceptors (Lipinski definition) is 7. The predicted octanol–water partition coefficient (Wildman–Crippen LogP) is 0.399. The summed E-state index contributed by atoms with van der Waals surface area (Å²) >= 11 is 0. The molecular weight excluding hydrogens is 252 g/mol. The van der Waals surface area contributed by atoms with Gasteiger partial charge >= 0.3 is 5.69 Å². The van der Waals surface area contributed by atoms with Crippen molar-refractivity contribution in [1.29, 1.82) is 0 Å². The highest BCUT2D eigenvalue weighted by Gasteiger charge is 2.30. The first kappa shape index (κ1) is 14.0. The van der Waals surface area contributed by atoms with Crippen LogP contribution in [0.15, 0.2) is 6.33 Å². The number of nitrogens with zero attached hydrogens (tertiary/aromatic N) is 3. The maximum Gasteiger partial charge on any atom is 0.372 e. The third kappa shape index (κ3) is 3.20. The van der Waals surface area contributed by atoms with Crippen LogP contribution in [0, 0.1) is 10.1 Å². The molecule has 0 saturated heterocycles. The highest BCUT2D eigenvalue weighted by molar-refractivity contribution is 5.61. The number of alkyl halides is 2. The minimum atomic E-state index is -3.19. The number of halogens is 2. The largest absolute Gasteiger partial charge is 0.476 e. The Hall–Kier alpha value is -2.10. The number of rotatable bonds is 6. The van der Waals surface area contributed by atoms with Gasteiger partial charge in [0.05, 0.1) is 25.1 Å². The van der Waals surface area contributed by atoms with Gasteiger partial charge in [0, 0.05) is 0 Å². The molecule has 0 bridgehead atoms. The third-order valence-corrected chi connectivity index (χ3v) is 1.98. The van der Waals surface area contributed by atoms with Crippen molar-refractivity contribution in [3.8, 4) is 5.88 Å². The molecule has 0 aromatic carbocycles. The van der Waals surface area contributed by atoms with Gasteiger partial charge in [0.2, 0.25) is 5.82 Å². The van der Waals surface area contributed by atoms with Crippen molar-refractivity contribution in [1.82, 2.24) is 9.97 Å². The van der Waals surface area contributed by atoms with Gasteiger partial charge in [-0.25, -0.2) is 13.8 Å². The first-order valence-corrected chi connectivity index (χ1v) is 4.76. The fourth-order valence-electron chi connectivity index (χ4n) is 1.09. The topological polar surface area (TPSA) is 116 Å². The summed E-state index contributed by atoms with van der Waals surface area (Å²) in [6.45, 7) is -1.75. The fourth-order valence-corrected chi connectivity index (χ4v) is 1.09. The zero-order valence-corrected chi connectivity index (χ0v) is 9.39. The van der Waals surface area contributed by atoms with E-state index in [1.54, 1.807) is 0 Å². The van der Waals surface area contributed by atoms with Crippen LogP contribution >= 0.6 is 0 Å².